The number of carbonyl (C=O) groups is 1. The van der Waals surface area contributed by atoms with Crippen LogP contribution in [0.2, 0.25) is 0 Å². The van der Waals surface area contributed by atoms with E-state index < -0.39 is 5.76 Å². The molecule has 2 amide bonds. The molecule has 1 aromatic heterocycles. The maximum atomic E-state index is 12.2. The molecule has 4 aromatic rings. The minimum absolute atomic E-state index is 0.161. The Morgan fingerprint density at radius 2 is 1.93 bits per heavy atom. The smallest absolute Gasteiger partial charge is 0.408 e. The first-order chi connectivity index (χ1) is 13.7. The molecule has 0 aliphatic heterocycles. The van der Waals surface area contributed by atoms with Crippen molar-refractivity contribution in [2.45, 2.75) is 24.9 Å². The number of aromatic nitrogens is 1. The lowest BCUT2D eigenvalue weighted by Crippen LogP contribution is -2.36. The zero-order chi connectivity index (χ0) is 19.1. The zero-order valence-corrected chi connectivity index (χ0v) is 15.1. The molecule has 6 heteroatoms. The van der Waals surface area contributed by atoms with Gasteiger partial charge in [-0.05, 0) is 40.5 Å². The summed E-state index contributed by atoms with van der Waals surface area (Å²) in [5.41, 5.74) is 3.29. The number of amides is 2. The molecule has 1 heterocycles. The van der Waals surface area contributed by atoms with Crippen LogP contribution in [0.25, 0.3) is 21.9 Å². The minimum atomic E-state index is -0.480. The van der Waals surface area contributed by atoms with Gasteiger partial charge in [0.25, 0.3) is 0 Å². The van der Waals surface area contributed by atoms with E-state index in [1.54, 1.807) is 12.1 Å². The number of H-pyrrole nitrogens is 1. The average molecular weight is 373 g/mol. The van der Waals surface area contributed by atoms with E-state index in [0.29, 0.717) is 23.6 Å². The molecule has 0 radical (unpaired) electrons. The molecule has 1 aliphatic rings. The number of urea groups is 1. The largest absolute Gasteiger partial charge is 0.417 e. The van der Waals surface area contributed by atoms with E-state index in [2.05, 4.69) is 45.9 Å². The van der Waals surface area contributed by atoms with Gasteiger partial charge < -0.3 is 15.1 Å². The fourth-order valence-corrected chi connectivity index (χ4v) is 3.67. The van der Waals surface area contributed by atoms with Crippen molar-refractivity contribution < 1.29 is 9.21 Å². The van der Waals surface area contributed by atoms with Gasteiger partial charge in [0.15, 0.2) is 5.58 Å². The number of hydrogen-bond acceptors (Lipinski definition) is 3. The van der Waals surface area contributed by atoms with Gasteiger partial charge in [-0.1, -0.05) is 48.5 Å². The fraction of sp³-hybridized carbons (Fsp3) is 0.182. The highest BCUT2D eigenvalue weighted by molar-refractivity contribution is 5.83. The van der Waals surface area contributed by atoms with E-state index in [9.17, 15) is 9.59 Å². The normalized spacial score (nSPS) is 18.3. The maximum Gasteiger partial charge on any atom is 0.417 e. The van der Waals surface area contributed by atoms with Crippen LogP contribution in [0, 0.1) is 0 Å². The number of benzene rings is 3. The van der Waals surface area contributed by atoms with Gasteiger partial charge in [0.1, 0.15) is 0 Å². The van der Waals surface area contributed by atoms with E-state index in [-0.39, 0.29) is 12.1 Å². The molecule has 140 valence electrons. The van der Waals surface area contributed by atoms with Gasteiger partial charge in [-0.25, -0.2) is 9.59 Å². The van der Waals surface area contributed by atoms with E-state index in [4.69, 9.17) is 4.42 Å². The number of oxazole rings is 1. The summed E-state index contributed by atoms with van der Waals surface area (Å²) in [5, 5.41) is 8.36. The highest BCUT2D eigenvalue weighted by Gasteiger charge is 2.39. The van der Waals surface area contributed by atoms with Crippen LogP contribution in [-0.2, 0) is 6.54 Å². The highest BCUT2D eigenvalue weighted by atomic mass is 16.4. The number of rotatable bonds is 4. The zero-order valence-electron chi connectivity index (χ0n) is 15.1. The first-order valence-corrected chi connectivity index (χ1v) is 9.30. The molecule has 5 rings (SSSR count). The Hall–Kier alpha value is -3.54. The van der Waals surface area contributed by atoms with Crippen molar-refractivity contribution in [3.63, 3.8) is 0 Å². The topological polar surface area (TPSA) is 87.1 Å². The molecule has 2 atom stereocenters. The molecule has 0 saturated heterocycles. The molecular formula is C22H19N3O3. The molecular weight excluding hydrogens is 354 g/mol. The van der Waals surface area contributed by atoms with E-state index in [0.717, 1.165) is 12.0 Å². The summed E-state index contributed by atoms with van der Waals surface area (Å²) in [7, 11) is 0. The van der Waals surface area contributed by atoms with Crippen LogP contribution in [0.15, 0.2) is 69.9 Å². The van der Waals surface area contributed by atoms with Gasteiger partial charge in [0.05, 0.1) is 5.52 Å². The lowest BCUT2D eigenvalue weighted by Gasteiger charge is -2.08. The quantitative estimate of drug-likeness (QED) is 0.510. The summed E-state index contributed by atoms with van der Waals surface area (Å²) in [5.74, 6) is -0.117. The van der Waals surface area contributed by atoms with E-state index in [1.165, 1.54) is 16.3 Å². The molecule has 1 saturated carbocycles. The van der Waals surface area contributed by atoms with Crippen LogP contribution in [0.4, 0.5) is 4.79 Å². The lowest BCUT2D eigenvalue weighted by molar-refractivity contribution is 0.240. The Labute approximate surface area is 160 Å². The number of aromatic amines is 1. The molecule has 3 aromatic carbocycles. The molecule has 0 unspecified atom stereocenters. The SMILES string of the molecule is O=C(NCc1ccc2oc(=O)[nH]c2c1)N[C@@H]1C[C@H]1c1ccc2ccccc2c1. The number of carbonyl (C=O) groups excluding carboxylic acids is 1. The van der Waals surface area contributed by atoms with Gasteiger partial charge in [0.2, 0.25) is 0 Å². The summed E-state index contributed by atoms with van der Waals surface area (Å²) >= 11 is 0. The molecule has 0 spiro atoms. The summed E-state index contributed by atoms with van der Waals surface area (Å²) in [6.07, 6.45) is 0.952. The predicted octanol–water partition coefficient (Wildman–Crippen LogP) is 3.63. The number of nitrogens with one attached hydrogen (secondary N) is 3. The van der Waals surface area contributed by atoms with Gasteiger partial charge in [0, 0.05) is 18.5 Å². The molecule has 1 fully saturated rings. The summed E-state index contributed by atoms with van der Waals surface area (Å²) in [6, 6.07) is 20.1. The van der Waals surface area contributed by atoms with Crippen LogP contribution < -0.4 is 16.4 Å². The molecule has 28 heavy (non-hydrogen) atoms. The van der Waals surface area contributed by atoms with Crippen molar-refractivity contribution in [3.8, 4) is 0 Å². The van der Waals surface area contributed by atoms with Crippen molar-refractivity contribution in [1.82, 2.24) is 15.6 Å². The van der Waals surface area contributed by atoms with Crippen molar-refractivity contribution in [1.29, 1.82) is 0 Å². The van der Waals surface area contributed by atoms with Crippen LogP contribution in [0.1, 0.15) is 23.5 Å². The van der Waals surface area contributed by atoms with Crippen LogP contribution >= 0.6 is 0 Å². The lowest BCUT2D eigenvalue weighted by atomic mass is 10.0. The number of hydrogen-bond donors (Lipinski definition) is 3. The molecule has 6 nitrogen and oxygen atoms in total. The van der Waals surface area contributed by atoms with Crippen molar-refractivity contribution in [2.24, 2.45) is 0 Å². The minimum Gasteiger partial charge on any atom is -0.408 e. The Balaban J connectivity index is 1.18. The Morgan fingerprint density at radius 3 is 2.82 bits per heavy atom. The fourth-order valence-electron chi connectivity index (χ4n) is 3.67. The van der Waals surface area contributed by atoms with Crippen LogP contribution in [0.5, 0.6) is 0 Å². The molecule has 1 aliphatic carbocycles. The standard InChI is InChI=1S/C22H19N3O3/c26-21(23-12-13-5-8-20-19(9-13)25-22(27)28-20)24-18-11-17(18)16-7-6-14-3-1-2-4-15(14)10-16/h1-10,17-18H,11-12H2,(H,25,27)(H2,23,24,26)/t17-,18+/m0/s1. The first-order valence-electron chi connectivity index (χ1n) is 9.30. The second-order valence-electron chi connectivity index (χ2n) is 7.23. The van der Waals surface area contributed by atoms with Crippen molar-refractivity contribution in [2.75, 3.05) is 0 Å². The summed E-state index contributed by atoms with van der Waals surface area (Å²) < 4.78 is 4.98. The van der Waals surface area contributed by atoms with Gasteiger partial charge in [-0.3, -0.25) is 4.98 Å². The second kappa shape index (κ2) is 6.56. The Morgan fingerprint density at radius 1 is 1.07 bits per heavy atom. The third kappa shape index (κ3) is 3.24. The van der Waals surface area contributed by atoms with E-state index >= 15 is 0 Å². The highest BCUT2D eigenvalue weighted by Crippen LogP contribution is 2.41. The third-order valence-corrected chi connectivity index (χ3v) is 5.25. The monoisotopic (exact) mass is 373 g/mol. The van der Waals surface area contributed by atoms with Gasteiger partial charge in [-0.15, -0.1) is 0 Å². The Bertz CT molecular complexity index is 1240. The predicted molar refractivity (Wildman–Crippen MR) is 107 cm³/mol. The maximum absolute atomic E-state index is 12.2. The third-order valence-electron chi connectivity index (χ3n) is 5.25. The Kier molecular flexibility index (Phi) is 3.90. The second-order valence-corrected chi connectivity index (χ2v) is 7.23. The van der Waals surface area contributed by atoms with Gasteiger partial charge in [-0.2, -0.15) is 0 Å². The summed E-state index contributed by atoms with van der Waals surface area (Å²) in [6.45, 7) is 0.377. The van der Waals surface area contributed by atoms with Crippen molar-refractivity contribution in [3.05, 3.63) is 82.3 Å². The average Bonchev–Trinajstić information content (AvgIpc) is 3.36. The van der Waals surface area contributed by atoms with Crippen LogP contribution in [-0.4, -0.2) is 17.1 Å². The first kappa shape index (κ1) is 16.6. The van der Waals surface area contributed by atoms with Crippen LogP contribution in [0.3, 0.4) is 0 Å². The molecule has 0 bridgehead atoms. The molecule has 3 N–H and O–H groups in total. The summed E-state index contributed by atoms with van der Waals surface area (Å²) in [4.78, 5) is 26.1. The van der Waals surface area contributed by atoms with Gasteiger partial charge >= 0.3 is 11.8 Å². The van der Waals surface area contributed by atoms with E-state index in [1.807, 2.05) is 18.2 Å². The number of fused-ring (bicyclic) bond motifs is 2. The van der Waals surface area contributed by atoms with Crippen molar-refractivity contribution >= 4 is 27.9 Å².